The Morgan fingerprint density at radius 2 is 1.75 bits per heavy atom. The highest BCUT2D eigenvalue weighted by Gasteiger charge is 2.24. The largest absolute Gasteiger partial charge is 0.301 e. The van der Waals surface area contributed by atoms with E-state index in [9.17, 15) is 5.26 Å². The molecule has 3 nitrogen and oxygen atoms in total. The van der Waals surface area contributed by atoms with Crippen LogP contribution in [0.3, 0.4) is 0 Å². The summed E-state index contributed by atoms with van der Waals surface area (Å²) in [4.78, 5) is 4.80. The molecule has 1 saturated heterocycles. The Balaban J connectivity index is 2.00. The molecule has 0 amide bonds. The monoisotopic (exact) mass is 271 g/mol. The van der Waals surface area contributed by atoms with Crippen LogP contribution in [0.5, 0.6) is 0 Å². The molecule has 0 spiro atoms. The zero-order valence-electron chi connectivity index (χ0n) is 12.7. The predicted octanol–water partition coefficient (Wildman–Crippen LogP) is 2.84. The summed E-state index contributed by atoms with van der Waals surface area (Å²) in [6.07, 6.45) is 2.26. The van der Waals surface area contributed by atoms with E-state index in [1.165, 1.54) is 18.5 Å². The van der Waals surface area contributed by atoms with Crippen molar-refractivity contribution < 1.29 is 0 Å². The van der Waals surface area contributed by atoms with Crippen LogP contribution in [0, 0.1) is 11.3 Å². The fraction of sp³-hybridized carbons (Fsp3) is 0.588. The summed E-state index contributed by atoms with van der Waals surface area (Å²) >= 11 is 0. The van der Waals surface area contributed by atoms with E-state index in [1.807, 2.05) is 0 Å². The van der Waals surface area contributed by atoms with Gasteiger partial charge in [0.05, 0.1) is 6.07 Å². The van der Waals surface area contributed by atoms with Crippen LogP contribution in [0.25, 0.3) is 0 Å². The molecule has 0 N–H and O–H groups in total. The van der Waals surface area contributed by atoms with Gasteiger partial charge in [-0.25, -0.2) is 0 Å². The summed E-state index contributed by atoms with van der Waals surface area (Å²) < 4.78 is 0. The van der Waals surface area contributed by atoms with Crippen molar-refractivity contribution >= 4 is 0 Å². The Kier molecular flexibility index (Phi) is 5.58. The zero-order chi connectivity index (χ0) is 14.4. The number of benzene rings is 1. The van der Waals surface area contributed by atoms with E-state index in [1.54, 1.807) is 0 Å². The van der Waals surface area contributed by atoms with Gasteiger partial charge < -0.3 is 4.90 Å². The molecule has 3 heteroatoms. The van der Waals surface area contributed by atoms with E-state index < -0.39 is 0 Å². The minimum absolute atomic E-state index is 0.0929. The van der Waals surface area contributed by atoms with Crippen molar-refractivity contribution in [2.45, 2.75) is 32.7 Å². The van der Waals surface area contributed by atoms with Crippen LogP contribution in [0.15, 0.2) is 24.3 Å². The van der Waals surface area contributed by atoms with Crippen LogP contribution < -0.4 is 0 Å². The van der Waals surface area contributed by atoms with E-state index in [0.717, 1.165) is 38.2 Å². The van der Waals surface area contributed by atoms with Gasteiger partial charge in [0, 0.05) is 26.2 Å². The van der Waals surface area contributed by atoms with Crippen molar-refractivity contribution in [2.24, 2.45) is 0 Å². The predicted molar refractivity (Wildman–Crippen MR) is 82.5 cm³/mol. The second-order valence-corrected chi connectivity index (χ2v) is 5.50. The van der Waals surface area contributed by atoms with Crippen LogP contribution in [-0.4, -0.2) is 42.5 Å². The molecule has 1 fully saturated rings. The highest BCUT2D eigenvalue weighted by molar-refractivity contribution is 5.28. The molecule has 0 radical (unpaired) electrons. The molecule has 0 aliphatic carbocycles. The molecule has 1 heterocycles. The summed E-state index contributed by atoms with van der Waals surface area (Å²) in [5.74, 6) is 0. The summed E-state index contributed by atoms with van der Waals surface area (Å²) in [5, 5.41) is 9.52. The average Bonchev–Trinajstić information content (AvgIpc) is 2.51. The lowest BCUT2D eigenvalue weighted by atomic mass is 10.0. The summed E-state index contributed by atoms with van der Waals surface area (Å²) in [5.41, 5.74) is 2.46. The van der Waals surface area contributed by atoms with Gasteiger partial charge in [0.25, 0.3) is 0 Å². The van der Waals surface area contributed by atoms with Crippen LogP contribution >= 0.6 is 0 Å². The normalized spacial score (nSPS) is 18.6. The van der Waals surface area contributed by atoms with Crippen LogP contribution in [0.4, 0.5) is 0 Å². The van der Waals surface area contributed by atoms with E-state index in [2.05, 4.69) is 54.0 Å². The lowest BCUT2D eigenvalue weighted by Gasteiger charge is -2.36. The van der Waals surface area contributed by atoms with Gasteiger partial charge in [0.1, 0.15) is 6.04 Å². The molecule has 0 aromatic heterocycles. The van der Waals surface area contributed by atoms with Crippen LogP contribution in [0.1, 0.15) is 37.4 Å². The maximum Gasteiger partial charge on any atom is 0.123 e. The Hall–Kier alpha value is -1.37. The Labute approximate surface area is 122 Å². The number of nitriles is 1. The van der Waals surface area contributed by atoms with Gasteiger partial charge in [-0.05, 0) is 30.5 Å². The van der Waals surface area contributed by atoms with Crippen molar-refractivity contribution in [3.05, 3.63) is 35.4 Å². The highest BCUT2D eigenvalue weighted by Crippen LogP contribution is 2.22. The second-order valence-electron chi connectivity index (χ2n) is 5.50. The third-order valence-corrected chi connectivity index (χ3v) is 4.14. The van der Waals surface area contributed by atoms with E-state index in [-0.39, 0.29) is 6.04 Å². The Morgan fingerprint density at radius 1 is 1.10 bits per heavy atom. The molecule has 108 valence electrons. The number of rotatable bonds is 5. The molecule has 1 aliphatic heterocycles. The second kappa shape index (κ2) is 7.42. The molecule has 1 aromatic carbocycles. The summed E-state index contributed by atoms with van der Waals surface area (Å²) in [6, 6.07) is 10.9. The van der Waals surface area contributed by atoms with Gasteiger partial charge in [0.2, 0.25) is 0 Å². The number of nitrogens with zero attached hydrogens (tertiary/aromatic N) is 3. The van der Waals surface area contributed by atoms with E-state index in [0.29, 0.717) is 0 Å². The number of hydrogen-bond acceptors (Lipinski definition) is 3. The number of aryl methyl sites for hydroxylation is 1. The SMILES string of the molecule is CCCN1CCN(C(C#N)c2ccc(CC)cc2)CC1. The first-order valence-electron chi connectivity index (χ1n) is 7.73. The third kappa shape index (κ3) is 3.59. The maximum atomic E-state index is 9.52. The van der Waals surface area contributed by atoms with Gasteiger partial charge in [-0.3, -0.25) is 4.90 Å². The van der Waals surface area contributed by atoms with Crippen LogP contribution in [0.2, 0.25) is 0 Å². The standard InChI is InChI=1S/C17H25N3/c1-3-9-19-10-12-20(13-11-19)17(14-18)16-7-5-15(4-2)6-8-16/h5-8,17H,3-4,9-13H2,1-2H3. The zero-order valence-corrected chi connectivity index (χ0v) is 12.7. The smallest absolute Gasteiger partial charge is 0.123 e. The van der Waals surface area contributed by atoms with Crippen molar-refractivity contribution in [3.8, 4) is 6.07 Å². The average molecular weight is 271 g/mol. The number of piperazine rings is 1. The fourth-order valence-electron chi connectivity index (χ4n) is 2.86. The minimum Gasteiger partial charge on any atom is -0.301 e. The third-order valence-electron chi connectivity index (χ3n) is 4.14. The molecule has 0 saturated carbocycles. The van der Waals surface area contributed by atoms with E-state index in [4.69, 9.17) is 0 Å². The topological polar surface area (TPSA) is 30.3 Å². The quantitative estimate of drug-likeness (QED) is 0.825. The lowest BCUT2D eigenvalue weighted by molar-refractivity contribution is 0.114. The van der Waals surface area contributed by atoms with E-state index >= 15 is 0 Å². The Morgan fingerprint density at radius 3 is 2.25 bits per heavy atom. The van der Waals surface area contributed by atoms with Gasteiger partial charge in [-0.15, -0.1) is 0 Å². The molecule has 0 bridgehead atoms. The number of hydrogen-bond donors (Lipinski definition) is 0. The van der Waals surface area contributed by atoms with Crippen molar-refractivity contribution in [2.75, 3.05) is 32.7 Å². The van der Waals surface area contributed by atoms with Crippen LogP contribution in [-0.2, 0) is 6.42 Å². The van der Waals surface area contributed by atoms with Crippen molar-refractivity contribution in [1.82, 2.24) is 9.80 Å². The van der Waals surface area contributed by atoms with Crippen molar-refractivity contribution in [1.29, 1.82) is 5.26 Å². The van der Waals surface area contributed by atoms with Gasteiger partial charge >= 0.3 is 0 Å². The molecule has 1 unspecified atom stereocenters. The first-order chi connectivity index (χ1) is 9.78. The van der Waals surface area contributed by atoms with Gasteiger partial charge in [0.15, 0.2) is 0 Å². The lowest BCUT2D eigenvalue weighted by Crippen LogP contribution is -2.47. The molecular formula is C17H25N3. The fourth-order valence-corrected chi connectivity index (χ4v) is 2.86. The molecular weight excluding hydrogens is 246 g/mol. The van der Waals surface area contributed by atoms with Gasteiger partial charge in [-0.1, -0.05) is 38.1 Å². The van der Waals surface area contributed by atoms with Gasteiger partial charge in [-0.2, -0.15) is 5.26 Å². The minimum atomic E-state index is -0.0929. The first kappa shape index (κ1) is 15.0. The first-order valence-corrected chi connectivity index (χ1v) is 7.73. The maximum absolute atomic E-state index is 9.52. The molecule has 1 aliphatic rings. The highest BCUT2D eigenvalue weighted by atomic mass is 15.3. The molecule has 1 aromatic rings. The van der Waals surface area contributed by atoms with Crippen molar-refractivity contribution in [3.63, 3.8) is 0 Å². The summed E-state index contributed by atoms with van der Waals surface area (Å²) in [7, 11) is 0. The molecule has 1 atom stereocenters. The molecule has 2 rings (SSSR count). The summed E-state index contributed by atoms with van der Waals surface area (Å²) in [6.45, 7) is 9.71. The molecule has 20 heavy (non-hydrogen) atoms. The Bertz CT molecular complexity index is 438.